The van der Waals surface area contributed by atoms with E-state index in [0.717, 1.165) is 13.1 Å². The normalized spacial score (nSPS) is 12.1. The molecule has 0 aliphatic rings. The van der Waals surface area contributed by atoms with Gasteiger partial charge in [0.15, 0.2) is 0 Å². The Morgan fingerprint density at radius 3 is 2.31 bits per heavy atom. The average molecular weight is 219 g/mol. The maximum absolute atomic E-state index is 3.51. The molecule has 1 aromatic carbocycles. The van der Waals surface area contributed by atoms with Crippen LogP contribution in [0.1, 0.15) is 45.7 Å². The van der Waals surface area contributed by atoms with Crippen molar-refractivity contribution in [1.29, 1.82) is 0 Å². The van der Waals surface area contributed by atoms with Crippen molar-refractivity contribution in [3.63, 3.8) is 0 Å². The predicted molar refractivity (Wildman–Crippen MR) is 71.7 cm³/mol. The average Bonchev–Trinajstić information content (AvgIpc) is 2.16. The van der Waals surface area contributed by atoms with Crippen molar-refractivity contribution in [2.24, 2.45) is 5.92 Å². The summed E-state index contributed by atoms with van der Waals surface area (Å²) in [6, 6.07) is 8.73. The van der Waals surface area contributed by atoms with Crippen molar-refractivity contribution >= 4 is 0 Å². The molecule has 0 aromatic heterocycles. The molecular formula is C15H25N. The molecule has 0 spiro atoms. The summed E-state index contributed by atoms with van der Waals surface area (Å²) in [5, 5.41) is 3.51. The van der Waals surface area contributed by atoms with Crippen LogP contribution in [0.2, 0.25) is 0 Å². The van der Waals surface area contributed by atoms with Gasteiger partial charge in [0.25, 0.3) is 0 Å². The van der Waals surface area contributed by atoms with E-state index in [1.807, 2.05) is 0 Å². The monoisotopic (exact) mass is 219 g/mol. The zero-order chi connectivity index (χ0) is 12.2. The van der Waals surface area contributed by atoms with Crippen molar-refractivity contribution in [3.05, 3.63) is 35.4 Å². The van der Waals surface area contributed by atoms with Crippen LogP contribution in [0.3, 0.4) is 0 Å². The van der Waals surface area contributed by atoms with Gasteiger partial charge in [-0.25, -0.2) is 0 Å². The van der Waals surface area contributed by atoms with E-state index < -0.39 is 0 Å². The molecule has 0 unspecified atom stereocenters. The van der Waals surface area contributed by atoms with Crippen molar-refractivity contribution in [2.75, 3.05) is 6.54 Å². The second kappa shape index (κ2) is 5.49. The number of hydrogen-bond donors (Lipinski definition) is 1. The lowest BCUT2D eigenvalue weighted by Crippen LogP contribution is -2.22. The van der Waals surface area contributed by atoms with Crippen molar-refractivity contribution < 1.29 is 0 Å². The molecule has 0 aliphatic heterocycles. The zero-order valence-electron chi connectivity index (χ0n) is 11.3. The second-order valence-electron chi connectivity index (χ2n) is 5.93. The van der Waals surface area contributed by atoms with E-state index in [1.165, 1.54) is 11.1 Å². The Labute approximate surface area is 100 Å². The standard InChI is InChI=1S/C15H25N/c1-12(2)10-16-11-13-8-6-7-9-14(13)15(3,4)5/h6-9,12,16H,10-11H2,1-5H3. The van der Waals surface area contributed by atoms with Gasteiger partial charge >= 0.3 is 0 Å². The van der Waals surface area contributed by atoms with Crippen molar-refractivity contribution in [2.45, 2.75) is 46.6 Å². The molecule has 1 aromatic rings. The third-order valence-electron chi connectivity index (χ3n) is 2.69. The maximum Gasteiger partial charge on any atom is 0.0208 e. The van der Waals surface area contributed by atoms with Gasteiger partial charge in [-0.3, -0.25) is 0 Å². The number of hydrogen-bond acceptors (Lipinski definition) is 1. The Hall–Kier alpha value is -0.820. The van der Waals surface area contributed by atoms with Crippen LogP contribution in [0, 0.1) is 5.92 Å². The van der Waals surface area contributed by atoms with Gasteiger partial charge in [-0.2, -0.15) is 0 Å². The minimum atomic E-state index is 0.232. The molecule has 90 valence electrons. The molecular weight excluding hydrogens is 194 g/mol. The highest BCUT2D eigenvalue weighted by atomic mass is 14.9. The summed E-state index contributed by atoms with van der Waals surface area (Å²) in [6.45, 7) is 13.4. The third kappa shape index (κ3) is 3.97. The van der Waals surface area contributed by atoms with E-state index in [9.17, 15) is 0 Å². The largest absolute Gasteiger partial charge is 0.312 e. The van der Waals surface area contributed by atoms with Crippen LogP contribution in [0.4, 0.5) is 0 Å². The quantitative estimate of drug-likeness (QED) is 0.813. The Morgan fingerprint density at radius 1 is 1.12 bits per heavy atom. The Kier molecular flexibility index (Phi) is 4.55. The fraction of sp³-hybridized carbons (Fsp3) is 0.600. The van der Waals surface area contributed by atoms with Gasteiger partial charge in [0.1, 0.15) is 0 Å². The third-order valence-corrected chi connectivity index (χ3v) is 2.69. The van der Waals surface area contributed by atoms with Crippen LogP contribution in [0.25, 0.3) is 0 Å². The topological polar surface area (TPSA) is 12.0 Å². The van der Waals surface area contributed by atoms with Crippen molar-refractivity contribution in [1.82, 2.24) is 5.32 Å². The van der Waals surface area contributed by atoms with Gasteiger partial charge in [-0.1, -0.05) is 58.9 Å². The fourth-order valence-electron chi connectivity index (χ4n) is 1.90. The minimum absolute atomic E-state index is 0.232. The lowest BCUT2D eigenvalue weighted by atomic mass is 9.84. The molecule has 0 aliphatic carbocycles. The van der Waals surface area contributed by atoms with Crippen LogP contribution in [-0.2, 0) is 12.0 Å². The number of rotatable bonds is 4. The molecule has 0 radical (unpaired) electrons. The van der Waals surface area contributed by atoms with Gasteiger partial charge in [0.05, 0.1) is 0 Å². The van der Waals surface area contributed by atoms with E-state index in [2.05, 4.69) is 64.2 Å². The van der Waals surface area contributed by atoms with E-state index in [0.29, 0.717) is 5.92 Å². The van der Waals surface area contributed by atoms with Crippen LogP contribution < -0.4 is 5.32 Å². The molecule has 0 amide bonds. The highest BCUT2D eigenvalue weighted by Gasteiger charge is 2.16. The van der Waals surface area contributed by atoms with E-state index in [1.54, 1.807) is 0 Å². The van der Waals surface area contributed by atoms with Crippen LogP contribution in [0.15, 0.2) is 24.3 Å². The summed E-state index contributed by atoms with van der Waals surface area (Å²) in [7, 11) is 0. The first kappa shape index (κ1) is 13.2. The van der Waals surface area contributed by atoms with E-state index in [-0.39, 0.29) is 5.41 Å². The molecule has 1 nitrogen and oxygen atoms in total. The lowest BCUT2D eigenvalue weighted by molar-refractivity contribution is 0.537. The van der Waals surface area contributed by atoms with Gasteiger partial charge in [0.2, 0.25) is 0 Å². The van der Waals surface area contributed by atoms with Gasteiger partial charge < -0.3 is 5.32 Å². The zero-order valence-corrected chi connectivity index (χ0v) is 11.3. The molecule has 0 atom stereocenters. The summed E-state index contributed by atoms with van der Waals surface area (Å²) >= 11 is 0. The molecule has 0 heterocycles. The number of benzene rings is 1. The molecule has 0 saturated carbocycles. The van der Waals surface area contributed by atoms with Gasteiger partial charge in [0, 0.05) is 6.54 Å². The van der Waals surface area contributed by atoms with Gasteiger partial charge in [-0.15, -0.1) is 0 Å². The van der Waals surface area contributed by atoms with E-state index >= 15 is 0 Å². The highest BCUT2D eigenvalue weighted by Crippen LogP contribution is 2.25. The highest BCUT2D eigenvalue weighted by molar-refractivity contribution is 5.32. The molecule has 1 heteroatoms. The summed E-state index contributed by atoms with van der Waals surface area (Å²) < 4.78 is 0. The minimum Gasteiger partial charge on any atom is -0.312 e. The second-order valence-corrected chi connectivity index (χ2v) is 5.93. The van der Waals surface area contributed by atoms with Crippen LogP contribution >= 0.6 is 0 Å². The van der Waals surface area contributed by atoms with Gasteiger partial charge in [-0.05, 0) is 29.0 Å². The lowest BCUT2D eigenvalue weighted by Gasteiger charge is -2.23. The van der Waals surface area contributed by atoms with Crippen molar-refractivity contribution in [3.8, 4) is 0 Å². The summed E-state index contributed by atoms with van der Waals surface area (Å²) in [5.41, 5.74) is 3.11. The summed E-state index contributed by atoms with van der Waals surface area (Å²) in [5.74, 6) is 0.710. The molecule has 0 saturated heterocycles. The first-order chi connectivity index (χ1) is 7.41. The van der Waals surface area contributed by atoms with Crippen LogP contribution in [-0.4, -0.2) is 6.54 Å². The van der Waals surface area contributed by atoms with E-state index in [4.69, 9.17) is 0 Å². The molecule has 16 heavy (non-hydrogen) atoms. The maximum atomic E-state index is 3.51. The smallest absolute Gasteiger partial charge is 0.0208 e. The molecule has 1 rings (SSSR count). The SMILES string of the molecule is CC(C)CNCc1ccccc1C(C)(C)C. The summed E-state index contributed by atoms with van der Waals surface area (Å²) in [4.78, 5) is 0. The molecule has 1 N–H and O–H groups in total. The predicted octanol–water partition coefficient (Wildman–Crippen LogP) is 3.73. The first-order valence-electron chi connectivity index (χ1n) is 6.20. The Morgan fingerprint density at radius 2 is 1.75 bits per heavy atom. The number of nitrogens with one attached hydrogen (secondary N) is 1. The first-order valence-corrected chi connectivity index (χ1v) is 6.20. The summed E-state index contributed by atoms with van der Waals surface area (Å²) in [6.07, 6.45) is 0. The fourth-order valence-corrected chi connectivity index (χ4v) is 1.90. The Balaban J connectivity index is 2.72. The molecule has 0 bridgehead atoms. The molecule has 0 fully saturated rings. The van der Waals surface area contributed by atoms with Crippen LogP contribution in [0.5, 0.6) is 0 Å². The Bertz CT molecular complexity index is 320.